The third-order valence-corrected chi connectivity index (χ3v) is 3.51. The number of benzene rings is 2. The van der Waals surface area contributed by atoms with Crippen LogP contribution in [0.1, 0.15) is 21.5 Å². The number of rotatable bonds is 4. The van der Waals surface area contributed by atoms with Crippen LogP contribution in [0.4, 0.5) is 5.69 Å². The number of halogens is 1. The Bertz CT molecular complexity index is 698. The van der Waals surface area contributed by atoms with E-state index in [9.17, 15) is 14.7 Å². The maximum Gasteiger partial charge on any atom is 0.338 e. The molecule has 2 aromatic rings. The van der Waals surface area contributed by atoms with Crippen molar-refractivity contribution in [2.24, 2.45) is 0 Å². The van der Waals surface area contributed by atoms with Crippen molar-refractivity contribution >= 4 is 33.5 Å². The fourth-order valence-corrected chi connectivity index (χ4v) is 2.53. The van der Waals surface area contributed by atoms with E-state index >= 15 is 0 Å². The van der Waals surface area contributed by atoms with Crippen molar-refractivity contribution in [3.63, 3.8) is 0 Å². The molecule has 4 nitrogen and oxygen atoms in total. The van der Waals surface area contributed by atoms with Crippen LogP contribution in [-0.2, 0) is 11.2 Å². The average Bonchev–Trinajstić information content (AvgIpc) is 2.37. The van der Waals surface area contributed by atoms with Crippen LogP contribution in [0.3, 0.4) is 0 Å². The summed E-state index contributed by atoms with van der Waals surface area (Å²) < 4.78 is 0.898. The molecule has 0 saturated carbocycles. The number of carbonyl (C=O) groups excluding carboxylic acids is 1. The van der Waals surface area contributed by atoms with Gasteiger partial charge in [0.05, 0.1) is 17.7 Å². The quantitative estimate of drug-likeness (QED) is 0.887. The zero-order chi connectivity index (χ0) is 15.4. The molecule has 0 fully saturated rings. The Kier molecular flexibility index (Phi) is 4.75. The molecule has 0 saturated heterocycles. The summed E-state index contributed by atoms with van der Waals surface area (Å²) in [6.45, 7) is 1.70. The molecule has 2 N–H and O–H groups in total. The van der Waals surface area contributed by atoms with Crippen LogP contribution in [0.5, 0.6) is 0 Å². The molecular weight excluding hydrogens is 334 g/mol. The lowest BCUT2D eigenvalue weighted by atomic mass is 10.1. The summed E-state index contributed by atoms with van der Waals surface area (Å²) in [5.74, 6) is -1.30. The van der Waals surface area contributed by atoms with E-state index < -0.39 is 5.97 Å². The molecule has 21 heavy (non-hydrogen) atoms. The number of amides is 1. The summed E-state index contributed by atoms with van der Waals surface area (Å²) in [5.41, 5.74) is 1.91. The van der Waals surface area contributed by atoms with Crippen molar-refractivity contribution in [1.29, 1.82) is 0 Å². The minimum Gasteiger partial charge on any atom is -0.478 e. The standard InChI is InChI=1S/C16H14BrNO3/c1-10-4-2-7-13(15(10)16(20)21)18-14(19)9-11-5-3-6-12(17)8-11/h2-8H,9H2,1H3,(H,18,19)(H,20,21). The van der Waals surface area contributed by atoms with E-state index in [0.29, 0.717) is 11.3 Å². The van der Waals surface area contributed by atoms with E-state index in [1.54, 1.807) is 25.1 Å². The van der Waals surface area contributed by atoms with Crippen molar-refractivity contribution in [3.8, 4) is 0 Å². The summed E-state index contributed by atoms with van der Waals surface area (Å²) >= 11 is 3.35. The molecule has 2 rings (SSSR count). The monoisotopic (exact) mass is 347 g/mol. The van der Waals surface area contributed by atoms with E-state index in [2.05, 4.69) is 21.2 Å². The van der Waals surface area contributed by atoms with Crippen LogP contribution in [0.15, 0.2) is 46.9 Å². The molecule has 0 unspecified atom stereocenters. The molecule has 108 valence electrons. The SMILES string of the molecule is Cc1cccc(NC(=O)Cc2cccc(Br)c2)c1C(=O)O. The fraction of sp³-hybridized carbons (Fsp3) is 0.125. The van der Waals surface area contributed by atoms with Gasteiger partial charge in [0.2, 0.25) is 5.91 Å². The zero-order valence-electron chi connectivity index (χ0n) is 11.4. The maximum atomic E-state index is 12.1. The van der Waals surface area contributed by atoms with Crippen molar-refractivity contribution in [2.45, 2.75) is 13.3 Å². The van der Waals surface area contributed by atoms with Crippen molar-refractivity contribution in [3.05, 3.63) is 63.6 Å². The van der Waals surface area contributed by atoms with Crippen LogP contribution in [0.25, 0.3) is 0 Å². The average molecular weight is 348 g/mol. The van der Waals surface area contributed by atoms with Crippen LogP contribution in [0, 0.1) is 6.92 Å². The highest BCUT2D eigenvalue weighted by Gasteiger charge is 2.15. The smallest absolute Gasteiger partial charge is 0.338 e. The first-order valence-electron chi connectivity index (χ1n) is 6.34. The third-order valence-electron chi connectivity index (χ3n) is 3.01. The van der Waals surface area contributed by atoms with Crippen molar-refractivity contribution in [2.75, 3.05) is 5.32 Å². The highest BCUT2D eigenvalue weighted by Crippen LogP contribution is 2.20. The highest BCUT2D eigenvalue weighted by atomic mass is 79.9. The second kappa shape index (κ2) is 6.54. The molecule has 0 heterocycles. The summed E-state index contributed by atoms with van der Waals surface area (Å²) in [6.07, 6.45) is 0.187. The topological polar surface area (TPSA) is 66.4 Å². The maximum absolute atomic E-state index is 12.1. The lowest BCUT2D eigenvalue weighted by Crippen LogP contribution is -2.17. The Hall–Kier alpha value is -2.14. The van der Waals surface area contributed by atoms with Crippen LogP contribution in [0.2, 0.25) is 0 Å². The summed E-state index contributed by atoms with van der Waals surface area (Å²) in [5, 5.41) is 11.9. The molecule has 0 spiro atoms. The van der Waals surface area contributed by atoms with Gasteiger partial charge in [-0.2, -0.15) is 0 Å². The van der Waals surface area contributed by atoms with Gasteiger partial charge < -0.3 is 10.4 Å². The minimum atomic E-state index is -1.05. The van der Waals surface area contributed by atoms with Gasteiger partial charge in [-0.1, -0.05) is 40.2 Å². The van der Waals surface area contributed by atoms with Crippen LogP contribution >= 0.6 is 15.9 Å². The Morgan fingerprint density at radius 2 is 1.90 bits per heavy atom. The second-order valence-corrected chi connectivity index (χ2v) is 5.57. The highest BCUT2D eigenvalue weighted by molar-refractivity contribution is 9.10. The number of hydrogen-bond donors (Lipinski definition) is 2. The van der Waals surface area contributed by atoms with Crippen LogP contribution in [-0.4, -0.2) is 17.0 Å². The largest absolute Gasteiger partial charge is 0.478 e. The molecule has 0 radical (unpaired) electrons. The molecule has 0 aromatic heterocycles. The van der Waals surface area contributed by atoms with Gasteiger partial charge in [-0.3, -0.25) is 4.79 Å². The Morgan fingerprint density at radius 1 is 1.19 bits per heavy atom. The molecule has 0 bridgehead atoms. The Balaban J connectivity index is 2.17. The molecule has 0 atom stereocenters. The van der Waals surface area contributed by atoms with E-state index in [0.717, 1.165) is 10.0 Å². The molecule has 0 aliphatic heterocycles. The number of nitrogens with one attached hydrogen (secondary N) is 1. The third kappa shape index (κ3) is 3.92. The van der Waals surface area contributed by atoms with Gasteiger partial charge in [-0.15, -0.1) is 0 Å². The second-order valence-electron chi connectivity index (χ2n) is 4.66. The molecule has 0 aliphatic carbocycles. The predicted octanol–water partition coefficient (Wildman–Crippen LogP) is 3.64. The van der Waals surface area contributed by atoms with Gasteiger partial charge in [-0.25, -0.2) is 4.79 Å². The van der Waals surface area contributed by atoms with Gasteiger partial charge in [-0.05, 0) is 36.2 Å². The lowest BCUT2D eigenvalue weighted by molar-refractivity contribution is -0.115. The van der Waals surface area contributed by atoms with Crippen LogP contribution < -0.4 is 5.32 Å². The lowest BCUT2D eigenvalue weighted by Gasteiger charge is -2.10. The van der Waals surface area contributed by atoms with Gasteiger partial charge in [0, 0.05) is 4.47 Å². The first-order valence-corrected chi connectivity index (χ1v) is 7.14. The zero-order valence-corrected chi connectivity index (χ0v) is 13.0. The first-order chi connectivity index (χ1) is 9.97. The summed E-state index contributed by atoms with van der Waals surface area (Å²) in [4.78, 5) is 23.3. The van der Waals surface area contributed by atoms with Gasteiger partial charge in [0.1, 0.15) is 0 Å². The minimum absolute atomic E-state index is 0.125. The fourth-order valence-electron chi connectivity index (χ4n) is 2.08. The number of hydrogen-bond acceptors (Lipinski definition) is 2. The summed E-state index contributed by atoms with van der Waals surface area (Å²) in [6, 6.07) is 12.4. The normalized spacial score (nSPS) is 10.2. The number of carboxylic acids is 1. The number of anilines is 1. The Morgan fingerprint density at radius 3 is 2.57 bits per heavy atom. The van der Waals surface area contributed by atoms with Gasteiger partial charge in [0.25, 0.3) is 0 Å². The number of carboxylic acid groups (broad SMARTS) is 1. The number of aryl methyl sites for hydroxylation is 1. The van der Waals surface area contributed by atoms with Crippen molar-refractivity contribution in [1.82, 2.24) is 0 Å². The molecular formula is C16H14BrNO3. The molecule has 2 aromatic carbocycles. The van der Waals surface area contributed by atoms with Crippen molar-refractivity contribution < 1.29 is 14.7 Å². The van der Waals surface area contributed by atoms with E-state index in [1.807, 2.05) is 24.3 Å². The molecule has 0 aliphatic rings. The van der Waals surface area contributed by atoms with E-state index in [1.165, 1.54) is 0 Å². The van der Waals surface area contributed by atoms with E-state index in [-0.39, 0.29) is 17.9 Å². The molecule has 5 heteroatoms. The summed E-state index contributed by atoms with van der Waals surface area (Å²) in [7, 11) is 0. The Labute approximate surface area is 130 Å². The number of carbonyl (C=O) groups is 2. The van der Waals surface area contributed by atoms with Gasteiger partial charge in [0.15, 0.2) is 0 Å². The predicted molar refractivity (Wildman–Crippen MR) is 84.6 cm³/mol. The first kappa shape index (κ1) is 15.3. The number of aromatic carboxylic acids is 1. The van der Waals surface area contributed by atoms with E-state index in [4.69, 9.17) is 0 Å². The molecule has 1 amide bonds. The van der Waals surface area contributed by atoms with Gasteiger partial charge >= 0.3 is 5.97 Å².